The average molecular weight is 273 g/mol. The van der Waals surface area contributed by atoms with Crippen LogP contribution in [0.15, 0.2) is 30.3 Å². The number of nitro groups is 1. The van der Waals surface area contributed by atoms with Crippen molar-refractivity contribution in [2.45, 2.75) is 38.6 Å². The van der Waals surface area contributed by atoms with Gasteiger partial charge in [-0.3, -0.25) is 14.9 Å². The lowest BCUT2D eigenvalue weighted by Crippen LogP contribution is -2.57. The number of Topliss-reactive ketones (excluding diaryl/α,β-unsaturated/α-hetero) is 1. The summed E-state index contributed by atoms with van der Waals surface area (Å²) in [6.07, 6.45) is 1.13. The van der Waals surface area contributed by atoms with Crippen LogP contribution in [0.4, 0.5) is 0 Å². The van der Waals surface area contributed by atoms with Gasteiger partial charge in [0.2, 0.25) is 6.04 Å². The third kappa shape index (κ3) is 1.86. The van der Waals surface area contributed by atoms with Gasteiger partial charge in [-0.05, 0) is 17.4 Å². The molecule has 3 aliphatic rings. The van der Waals surface area contributed by atoms with Crippen LogP contribution in [-0.2, 0) is 4.79 Å². The molecule has 3 saturated carbocycles. The summed E-state index contributed by atoms with van der Waals surface area (Å²) in [6.45, 7) is 4.13. The van der Waals surface area contributed by atoms with Crippen LogP contribution < -0.4 is 0 Å². The van der Waals surface area contributed by atoms with Gasteiger partial charge in [-0.15, -0.1) is 0 Å². The molecule has 0 aliphatic heterocycles. The lowest BCUT2D eigenvalue weighted by atomic mass is 9.50. The second-order valence-corrected chi connectivity index (χ2v) is 6.79. The van der Waals surface area contributed by atoms with Crippen molar-refractivity contribution in [3.8, 4) is 0 Å². The predicted molar refractivity (Wildman–Crippen MR) is 75.0 cm³/mol. The second-order valence-electron chi connectivity index (χ2n) is 6.79. The molecule has 0 radical (unpaired) electrons. The number of carbonyl (C=O) groups excluding carboxylic acids is 1. The minimum Gasteiger partial charge on any atom is -0.299 e. The van der Waals surface area contributed by atoms with Gasteiger partial charge in [0.05, 0.1) is 5.92 Å². The van der Waals surface area contributed by atoms with Crippen LogP contribution in [-0.4, -0.2) is 16.7 Å². The molecule has 0 N–H and O–H groups in total. The van der Waals surface area contributed by atoms with Crippen LogP contribution in [0.25, 0.3) is 0 Å². The molecule has 106 valence electrons. The molecule has 4 heteroatoms. The molecule has 20 heavy (non-hydrogen) atoms. The number of fused-ring (bicyclic) bond motifs is 3. The SMILES string of the molecule is CC1(C)CC2C(=O)CC1C([N+](=O)[O-])C2c1ccccc1. The fourth-order valence-electron chi connectivity index (χ4n) is 4.26. The number of benzene rings is 1. The topological polar surface area (TPSA) is 60.2 Å². The first kappa shape index (κ1) is 13.3. The van der Waals surface area contributed by atoms with E-state index < -0.39 is 6.04 Å². The van der Waals surface area contributed by atoms with Crippen molar-refractivity contribution in [3.63, 3.8) is 0 Å². The summed E-state index contributed by atoms with van der Waals surface area (Å²) >= 11 is 0. The fraction of sp³-hybridized carbons (Fsp3) is 0.562. The Kier molecular flexibility index (Phi) is 2.92. The van der Waals surface area contributed by atoms with Gasteiger partial charge >= 0.3 is 0 Å². The molecule has 3 aliphatic carbocycles. The third-order valence-electron chi connectivity index (χ3n) is 5.23. The normalized spacial score (nSPS) is 35.0. The van der Waals surface area contributed by atoms with E-state index in [1.807, 2.05) is 30.3 Å². The Morgan fingerprint density at radius 1 is 1.25 bits per heavy atom. The molecule has 0 aromatic heterocycles. The first-order chi connectivity index (χ1) is 9.42. The molecule has 2 bridgehead atoms. The Hall–Kier alpha value is -1.71. The molecule has 3 fully saturated rings. The molecule has 4 rings (SSSR count). The Morgan fingerprint density at radius 3 is 2.50 bits per heavy atom. The Morgan fingerprint density at radius 2 is 1.90 bits per heavy atom. The summed E-state index contributed by atoms with van der Waals surface area (Å²) < 4.78 is 0. The lowest BCUT2D eigenvalue weighted by molar-refractivity contribution is -0.547. The van der Waals surface area contributed by atoms with Crippen LogP contribution in [0.3, 0.4) is 0 Å². The zero-order valence-corrected chi connectivity index (χ0v) is 11.8. The summed E-state index contributed by atoms with van der Waals surface area (Å²) in [5, 5.41) is 11.6. The van der Waals surface area contributed by atoms with Gasteiger partial charge in [0.15, 0.2) is 0 Å². The van der Waals surface area contributed by atoms with E-state index in [4.69, 9.17) is 0 Å². The van der Waals surface area contributed by atoms with Crippen molar-refractivity contribution in [1.29, 1.82) is 0 Å². The Labute approximate surface area is 118 Å². The Bertz CT molecular complexity index is 552. The number of ketones is 1. The highest BCUT2D eigenvalue weighted by atomic mass is 16.6. The van der Waals surface area contributed by atoms with Gasteiger partial charge in [0, 0.05) is 23.2 Å². The summed E-state index contributed by atoms with van der Waals surface area (Å²) in [6, 6.07) is 8.89. The maximum absolute atomic E-state index is 12.3. The van der Waals surface area contributed by atoms with E-state index in [9.17, 15) is 14.9 Å². The average Bonchev–Trinajstić information content (AvgIpc) is 2.39. The number of hydrogen-bond acceptors (Lipinski definition) is 3. The minimum absolute atomic E-state index is 0.123. The molecular weight excluding hydrogens is 254 g/mol. The molecule has 1 aromatic rings. The van der Waals surface area contributed by atoms with E-state index in [-0.39, 0.29) is 33.9 Å². The Balaban J connectivity index is 2.09. The number of nitrogens with zero attached hydrogens (tertiary/aromatic N) is 1. The van der Waals surface area contributed by atoms with Crippen molar-refractivity contribution >= 4 is 5.78 Å². The van der Waals surface area contributed by atoms with Gasteiger partial charge in [-0.2, -0.15) is 0 Å². The zero-order chi connectivity index (χ0) is 14.5. The first-order valence-corrected chi connectivity index (χ1v) is 7.13. The standard InChI is InChI=1S/C16H19NO3/c1-16(2)9-11-13(18)8-12(16)15(17(19)20)14(11)10-6-4-3-5-7-10/h3-7,11-12,14-15H,8-9H2,1-2H3. The van der Waals surface area contributed by atoms with Gasteiger partial charge in [-0.25, -0.2) is 0 Å². The van der Waals surface area contributed by atoms with Crippen LogP contribution in [0.5, 0.6) is 0 Å². The molecule has 4 atom stereocenters. The van der Waals surface area contributed by atoms with Crippen LogP contribution >= 0.6 is 0 Å². The molecular formula is C16H19NO3. The highest BCUT2D eigenvalue weighted by molar-refractivity contribution is 5.84. The molecule has 0 amide bonds. The van der Waals surface area contributed by atoms with Crippen LogP contribution in [0.1, 0.15) is 38.2 Å². The quantitative estimate of drug-likeness (QED) is 0.614. The van der Waals surface area contributed by atoms with E-state index in [2.05, 4.69) is 13.8 Å². The van der Waals surface area contributed by atoms with Crippen molar-refractivity contribution in [2.24, 2.45) is 17.3 Å². The summed E-state index contributed by atoms with van der Waals surface area (Å²) in [5.41, 5.74) is 0.814. The molecule has 0 saturated heterocycles. The number of rotatable bonds is 2. The maximum Gasteiger partial charge on any atom is 0.224 e. The second kappa shape index (κ2) is 4.40. The van der Waals surface area contributed by atoms with Gasteiger partial charge < -0.3 is 0 Å². The summed E-state index contributed by atoms with van der Waals surface area (Å²) in [5.74, 6) is -0.403. The van der Waals surface area contributed by atoms with Crippen molar-refractivity contribution in [3.05, 3.63) is 46.0 Å². The molecule has 1 aromatic carbocycles. The number of carbonyl (C=O) groups is 1. The fourth-order valence-corrected chi connectivity index (χ4v) is 4.26. The molecule has 4 unspecified atom stereocenters. The monoisotopic (exact) mass is 273 g/mol. The summed E-state index contributed by atoms with van der Waals surface area (Å²) in [4.78, 5) is 23.7. The van der Waals surface area contributed by atoms with E-state index in [0.29, 0.717) is 6.42 Å². The lowest BCUT2D eigenvalue weighted by Gasteiger charge is -2.51. The van der Waals surface area contributed by atoms with E-state index in [0.717, 1.165) is 12.0 Å². The van der Waals surface area contributed by atoms with Gasteiger partial charge in [0.1, 0.15) is 5.78 Å². The molecule has 0 heterocycles. The third-order valence-corrected chi connectivity index (χ3v) is 5.23. The summed E-state index contributed by atoms with van der Waals surface area (Å²) in [7, 11) is 0. The van der Waals surface area contributed by atoms with E-state index >= 15 is 0 Å². The van der Waals surface area contributed by atoms with Crippen LogP contribution in [0.2, 0.25) is 0 Å². The molecule has 0 spiro atoms. The van der Waals surface area contributed by atoms with Crippen molar-refractivity contribution < 1.29 is 9.72 Å². The minimum atomic E-state index is -0.635. The van der Waals surface area contributed by atoms with E-state index in [1.54, 1.807) is 0 Å². The highest BCUT2D eigenvalue weighted by Gasteiger charge is 2.61. The maximum atomic E-state index is 12.3. The van der Waals surface area contributed by atoms with Crippen molar-refractivity contribution in [2.75, 3.05) is 0 Å². The zero-order valence-electron chi connectivity index (χ0n) is 11.8. The largest absolute Gasteiger partial charge is 0.299 e. The van der Waals surface area contributed by atoms with E-state index in [1.165, 1.54) is 0 Å². The highest BCUT2D eigenvalue weighted by Crippen LogP contribution is 2.56. The van der Waals surface area contributed by atoms with Gasteiger partial charge in [0.25, 0.3) is 0 Å². The van der Waals surface area contributed by atoms with Gasteiger partial charge in [-0.1, -0.05) is 44.2 Å². The smallest absolute Gasteiger partial charge is 0.224 e. The first-order valence-electron chi connectivity index (χ1n) is 7.13. The van der Waals surface area contributed by atoms with Crippen molar-refractivity contribution in [1.82, 2.24) is 0 Å². The van der Waals surface area contributed by atoms with Crippen LogP contribution in [0, 0.1) is 27.4 Å². The number of hydrogen-bond donors (Lipinski definition) is 0. The molecule has 4 nitrogen and oxygen atoms in total. The predicted octanol–water partition coefficient (Wildman–Crippen LogP) is 3.05.